The molecule has 2 saturated heterocycles. The number of aryl methyl sites for hydroxylation is 1. The number of phenols is 1. The van der Waals surface area contributed by atoms with Crippen molar-refractivity contribution < 1.29 is 29.0 Å². The van der Waals surface area contributed by atoms with Gasteiger partial charge in [-0.1, -0.05) is 30.0 Å². The number of aromatic hydroxyl groups is 1. The number of nitrogens with one attached hydrogen (secondary N) is 1. The second kappa shape index (κ2) is 12.7. The fraction of sp³-hybridized carbons (Fsp3) is 0.463. The number of nitrogens with two attached hydrogens (primary N) is 1. The number of anilines is 1. The van der Waals surface area contributed by atoms with Crippen LogP contribution in [0.4, 0.5) is 5.82 Å². The van der Waals surface area contributed by atoms with Crippen LogP contribution in [0.15, 0.2) is 42.5 Å². The molecule has 1 aromatic heterocycles. The summed E-state index contributed by atoms with van der Waals surface area (Å²) in [6, 6.07) is 11.9. The van der Waals surface area contributed by atoms with E-state index in [0.717, 1.165) is 62.1 Å². The average molecular weight is 715 g/mol. The third kappa shape index (κ3) is 5.82. The number of likely N-dealkylation sites (tertiary alicyclic amines) is 1. The first kappa shape index (κ1) is 33.5. The maximum Gasteiger partial charge on any atom is 0.266 e. The molecule has 0 radical (unpaired) electrons. The molecule has 9 rings (SSSR count). The number of ether oxygens (including phenoxy) is 1. The van der Waals surface area contributed by atoms with Gasteiger partial charge in [0, 0.05) is 37.0 Å². The number of nitrogen functional groups attached to an aromatic ring is 1. The maximum absolute atomic E-state index is 13.7. The first-order valence-corrected chi connectivity index (χ1v) is 18.8. The van der Waals surface area contributed by atoms with Gasteiger partial charge in [0.15, 0.2) is 5.82 Å². The Morgan fingerprint density at radius 1 is 0.887 bits per heavy atom. The van der Waals surface area contributed by atoms with Crippen LogP contribution in [-0.2, 0) is 16.0 Å². The number of amides is 4. The Balaban J connectivity index is 0.799. The number of nitrogens with zero attached hydrogens (tertiary/aromatic N) is 4. The highest BCUT2D eigenvalue weighted by Gasteiger charge is 2.52. The van der Waals surface area contributed by atoms with Crippen molar-refractivity contribution in [3.05, 3.63) is 64.7 Å². The fourth-order valence-corrected chi connectivity index (χ4v) is 9.65. The molecule has 0 bridgehead atoms. The molecule has 2 aliphatic carbocycles. The Morgan fingerprint density at radius 3 is 2.42 bits per heavy atom. The van der Waals surface area contributed by atoms with Gasteiger partial charge < -0.3 is 20.5 Å². The second-order valence-electron chi connectivity index (χ2n) is 15.9. The van der Waals surface area contributed by atoms with Crippen molar-refractivity contribution in [3.8, 4) is 34.6 Å². The third-order valence-electron chi connectivity index (χ3n) is 12.8. The lowest BCUT2D eigenvalue weighted by Gasteiger charge is -2.56. The molecular formula is C41H42N6O6. The molecule has 1 atom stereocenters. The molecule has 5 heterocycles. The molecule has 6 aliphatic rings. The number of carbonyl (C=O) groups is 4. The molecule has 12 heteroatoms. The monoisotopic (exact) mass is 714 g/mol. The number of carbonyl (C=O) groups excluding carboxylic acids is 4. The number of imide groups is 2. The van der Waals surface area contributed by atoms with E-state index in [1.165, 1.54) is 25.7 Å². The molecule has 272 valence electrons. The highest BCUT2D eigenvalue weighted by atomic mass is 16.5. The van der Waals surface area contributed by atoms with Crippen molar-refractivity contribution in [2.45, 2.75) is 94.7 Å². The number of benzene rings is 2. The van der Waals surface area contributed by atoms with Crippen LogP contribution in [0, 0.1) is 23.2 Å². The molecule has 12 nitrogen and oxygen atoms in total. The van der Waals surface area contributed by atoms with Crippen molar-refractivity contribution in [2.75, 3.05) is 18.8 Å². The maximum atomic E-state index is 13.7. The molecular weight excluding hydrogens is 672 g/mol. The Bertz CT molecular complexity index is 2110. The normalized spacial score (nSPS) is 27.7. The Labute approximate surface area is 307 Å². The number of hydrogen-bond donors (Lipinski definition) is 3. The minimum absolute atomic E-state index is 0.0841. The van der Waals surface area contributed by atoms with Gasteiger partial charge in [-0.3, -0.25) is 29.4 Å². The molecule has 3 aromatic rings. The van der Waals surface area contributed by atoms with E-state index in [9.17, 15) is 24.3 Å². The molecule has 4 aliphatic heterocycles. The molecule has 2 saturated carbocycles. The highest BCUT2D eigenvalue weighted by molar-refractivity contribution is 6.24. The largest absolute Gasteiger partial charge is 0.507 e. The van der Waals surface area contributed by atoms with E-state index in [1.807, 2.05) is 12.1 Å². The van der Waals surface area contributed by atoms with E-state index in [1.54, 1.807) is 30.3 Å². The zero-order valence-electron chi connectivity index (χ0n) is 29.5. The second-order valence-corrected chi connectivity index (χ2v) is 15.9. The van der Waals surface area contributed by atoms with Crippen LogP contribution in [0.5, 0.6) is 11.5 Å². The average Bonchev–Trinajstić information content (AvgIpc) is 3.40. The molecule has 2 spiro atoms. The van der Waals surface area contributed by atoms with Crippen molar-refractivity contribution in [1.82, 2.24) is 25.3 Å². The fourth-order valence-electron chi connectivity index (χ4n) is 9.65. The van der Waals surface area contributed by atoms with Crippen molar-refractivity contribution in [1.29, 1.82) is 0 Å². The first-order chi connectivity index (χ1) is 25.6. The van der Waals surface area contributed by atoms with Crippen molar-refractivity contribution >= 4 is 29.4 Å². The van der Waals surface area contributed by atoms with E-state index < -0.39 is 35.3 Å². The van der Waals surface area contributed by atoms with E-state index >= 15 is 0 Å². The predicted molar refractivity (Wildman–Crippen MR) is 193 cm³/mol. The summed E-state index contributed by atoms with van der Waals surface area (Å²) in [4.78, 5) is 55.1. The predicted octanol–water partition coefficient (Wildman–Crippen LogP) is 4.38. The minimum Gasteiger partial charge on any atom is -0.507 e. The van der Waals surface area contributed by atoms with Crippen LogP contribution in [0.1, 0.15) is 102 Å². The number of hydrogen-bond acceptors (Lipinski definition) is 10. The lowest BCUT2D eigenvalue weighted by atomic mass is 9.56. The Hall–Kier alpha value is -5.28. The van der Waals surface area contributed by atoms with Gasteiger partial charge in [0.1, 0.15) is 23.1 Å². The van der Waals surface area contributed by atoms with Crippen molar-refractivity contribution in [3.63, 3.8) is 0 Å². The van der Waals surface area contributed by atoms with Gasteiger partial charge in [-0.05, 0) is 106 Å². The molecule has 53 heavy (non-hydrogen) atoms. The molecule has 4 N–H and O–H groups in total. The number of aromatic nitrogens is 2. The summed E-state index contributed by atoms with van der Waals surface area (Å²) in [7, 11) is 0. The number of fused-ring (bicyclic) bond motifs is 3. The smallest absolute Gasteiger partial charge is 0.266 e. The quantitative estimate of drug-likeness (QED) is 0.262. The first-order valence-electron chi connectivity index (χ1n) is 18.8. The van der Waals surface area contributed by atoms with E-state index in [2.05, 4.69) is 32.3 Å². The van der Waals surface area contributed by atoms with Gasteiger partial charge >= 0.3 is 0 Å². The summed E-state index contributed by atoms with van der Waals surface area (Å²) in [5.74, 6) is 5.94. The zero-order valence-corrected chi connectivity index (χ0v) is 29.5. The Morgan fingerprint density at radius 2 is 1.66 bits per heavy atom. The SMILES string of the molecule is Nc1nnc(-c2ccccc2O)cc1C#CC1CCC2(CC1)CC(N1CCC3(CCc4ccc5c(c4O3)C(=O)N(C3CCC(=O)NC3=O)C5=O)CC1)C2. The summed E-state index contributed by atoms with van der Waals surface area (Å²) >= 11 is 0. The van der Waals surface area contributed by atoms with Crippen LogP contribution in [0.3, 0.4) is 0 Å². The summed E-state index contributed by atoms with van der Waals surface area (Å²) in [6.45, 7) is 1.86. The lowest BCUT2D eigenvalue weighted by molar-refractivity contribution is -0.136. The van der Waals surface area contributed by atoms with Gasteiger partial charge in [-0.15, -0.1) is 10.2 Å². The van der Waals surface area contributed by atoms with Gasteiger partial charge in [-0.25, -0.2) is 0 Å². The summed E-state index contributed by atoms with van der Waals surface area (Å²) in [6.07, 6.45) is 10.4. The van der Waals surface area contributed by atoms with Gasteiger partial charge in [0.2, 0.25) is 11.8 Å². The zero-order chi connectivity index (χ0) is 36.5. The standard InChI is InChI=1S/C41H42N6O6/c42-36-26(21-30(44-45-36)28-3-1-2-4-32(28)48)6-5-24-11-14-40(15-12-24)22-27(23-40)46-19-17-41(18-20-46)16-13-25-7-8-29-34(35(25)53-41)39(52)47(38(29)51)31-9-10-33(49)43-37(31)50/h1-4,7-8,21,24,27,31,48H,9-20,22-23H2,(H2,42,45)(H,43,49,50). The molecule has 1 unspecified atom stereocenters. The number of phenolic OH excluding ortho intramolecular Hbond substituents is 1. The molecule has 2 aromatic carbocycles. The van der Waals surface area contributed by atoms with E-state index in [4.69, 9.17) is 10.5 Å². The number of rotatable bonds is 3. The van der Waals surface area contributed by atoms with Crippen LogP contribution >= 0.6 is 0 Å². The summed E-state index contributed by atoms with van der Waals surface area (Å²) < 4.78 is 6.78. The summed E-state index contributed by atoms with van der Waals surface area (Å²) in [5.41, 5.74) is 9.34. The minimum atomic E-state index is -1.00. The Kier molecular flexibility index (Phi) is 8.03. The molecule has 4 amide bonds. The third-order valence-corrected chi connectivity index (χ3v) is 12.8. The van der Waals surface area contributed by atoms with Crippen molar-refractivity contribution in [2.24, 2.45) is 11.3 Å². The van der Waals surface area contributed by atoms with E-state index in [0.29, 0.717) is 45.8 Å². The number of piperidine rings is 2. The van der Waals surface area contributed by atoms with Crippen LogP contribution in [0.25, 0.3) is 11.3 Å². The van der Waals surface area contributed by atoms with Crippen LogP contribution in [0.2, 0.25) is 0 Å². The van der Waals surface area contributed by atoms with Gasteiger partial charge in [-0.2, -0.15) is 0 Å². The van der Waals surface area contributed by atoms with Gasteiger partial charge in [0.05, 0.1) is 22.4 Å². The molecule has 4 fully saturated rings. The van der Waals surface area contributed by atoms with E-state index in [-0.39, 0.29) is 29.7 Å². The van der Waals surface area contributed by atoms with Gasteiger partial charge in [0.25, 0.3) is 11.8 Å². The van der Waals surface area contributed by atoms with Crippen LogP contribution < -0.4 is 15.8 Å². The highest BCUT2D eigenvalue weighted by Crippen LogP contribution is 2.55. The summed E-state index contributed by atoms with van der Waals surface area (Å²) in [5, 5.41) is 20.8. The van der Waals surface area contributed by atoms with Crippen LogP contribution in [-0.4, -0.2) is 79.5 Å². The topological polar surface area (TPSA) is 168 Å². The lowest BCUT2D eigenvalue weighted by Crippen LogP contribution is -2.57. The number of para-hydroxylation sites is 1.